The molecule has 0 fully saturated rings. The third kappa shape index (κ3) is 1.96. The number of aromatic amines is 1. The van der Waals surface area contributed by atoms with Crippen LogP contribution in [0.25, 0.3) is 5.69 Å². The summed E-state index contributed by atoms with van der Waals surface area (Å²) >= 11 is 0. The Morgan fingerprint density at radius 3 is 3.10 bits per heavy atom. The fourth-order valence-corrected chi connectivity index (χ4v) is 1.57. The first-order chi connectivity index (χ1) is 10.1. The molecular weight excluding hydrogens is 271 g/mol. The average molecular weight is 282 g/mol. The number of halogens is 1. The largest absolute Gasteiger partial charge is 0.471 e. The van der Waals surface area contributed by atoms with Gasteiger partial charge < -0.3 is 9.15 Å². The standard InChI is InChI=1S/C10H9FN6O3/c1-16-10(18)17(15-14-16)7-5-20-9(11)6(7)4-19-8-2-3-12-13-8/h2-3,5H,4H2,1H3,(H,12,13)/i/hT. The van der Waals surface area contributed by atoms with Crippen molar-refractivity contribution in [3.05, 3.63) is 40.6 Å². The van der Waals surface area contributed by atoms with Crippen LogP contribution in [0.15, 0.2) is 27.7 Å². The molecule has 0 bridgehead atoms. The van der Waals surface area contributed by atoms with Crippen LogP contribution in [0.4, 0.5) is 4.39 Å². The predicted octanol–water partition coefficient (Wildman–Crippen LogP) is 0.000200. The topological polar surface area (TPSA) is 104 Å². The molecule has 0 unspecified atom stereocenters. The van der Waals surface area contributed by atoms with Crippen molar-refractivity contribution in [3.63, 3.8) is 0 Å². The third-order valence-corrected chi connectivity index (χ3v) is 2.57. The molecule has 0 radical (unpaired) electrons. The monoisotopic (exact) mass is 282 g/mol. The Morgan fingerprint density at radius 1 is 1.60 bits per heavy atom. The highest BCUT2D eigenvalue weighted by Crippen LogP contribution is 2.20. The summed E-state index contributed by atoms with van der Waals surface area (Å²) in [6.45, 7) is -0.238. The normalized spacial score (nSPS) is 11.6. The molecule has 0 aliphatic carbocycles. The van der Waals surface area contributed by atoms with E-state index in [-0.39, 0.29) is 23.7 Å². The van der Waals surface area contributed by atoms with E-state index in [1.165, 1.54) is 19.3 Å². The Bertz CT molecular complexity index is 834. The van der Waals surface area contributed by atoms with Crippen molar-refractivity contribution in [2.75, 3.05) is 0 Å². The van der Waals surface area contributed by atoms with Crippen LogP contribution >= 0.6 is 0 Å². The molecule has 0 atom stereocenters. The lowest BCUT2D eigenvalue weighted by Gasteiger charge is -2.02. The molecule has 1 N–H and O–H groups in total. The fraction of sp³-hybridized carbons (Fsp3) is 0.200. The van der Waals surface area contributed by atoms with Gasteiger partial charge in [0.15, 0.2) is 1.41 Å². The van der Waals surface area contributed by atoms with E-state index in [4.69, 9.17) is 6.15 Å². The second-order valence-corrected chi connectivity index (χ2v) is 3.83. The maximum atomic E-state index is 13.7. The lowest BCUT2D eigenvalue weighted by molar-refractivity contribution is 0.272. The first kappa shape index (κ1) is 11.0. The van der Waals surface area contributed by atoms with Gasteiger partial charge in [-0.05, 0) is 10.4 Å². The SMILES string of the molecule is [3H]n1ccc(OCc2c(-n3nnn(C)c3=O)coc2F)n1. The van der Waals surface area contributed by atoms with Crippen molar-refractivity contribution in [1.82, 2.24) is 30.0 Å². The quantitative estimate of drug-likeness (QED) is 0.722. The van der Waals surface area contributed by atoms with Gasteiger partial charge in [0.25, 0.3) is 6.01 Å². The van der Waals surface area contributed by atoms with Crippen molar-refractivity contribution in [2.24, 2.45) is 7.05 Å². The first-order valence-electron chi connectivity index (χ1n) is 5.94. The molecule has 0 saturated carbocycles. The van der Waals surface area contributed by atoms with Gasteiger partial charge in [0.1, 0.15) is 18.6 Å². The predicted molar refractivity (Wildman–Crippen MR) is 61.7 cm³/mol. The van der Waals surface area contributed by atoms with Gasteiger partial charge in [-0.1, -0.05) is 0 Å². The van der Waals surface area contributed by atoms with Gasteiger partial charge in [-0.2, -0.15) is 13.8 Å². The number of nitrogens with one attached hydrogen (secondary N) is 1. The maximum absolute atomic E-state index is 13.7. The Balaban J connectivity index is 1.90. The van der Waals surface area contributed by atoms with Crippen LogP contribution in [0.2, 0.25) is 1.41 Å². The molecule has 0 aromatic carbocycles. The molecule has 0 saturated heterocycles. The highest BCUT2D eigenvalue weighted by molar-refractivity contribution is 5.36. The zero-order valence-corrected chi connectivity index (χ0v) is 10.2. The Hall–Kier alpha value is -2.91. The van der Waals surface area contributed by atoms with Gasteiger partial charge in [-0.3, -0.25) is 5.09 Å². The van der Waals surface area contributed by atoms with Gasteiger partial charge >= 0.3 is 5.69 Å². The number of furan rings is 1. The van der Waals surface area contributed by atoms with Gasteiger partial charge in [-0.25, -0.2) is 4.79 Å². The zero-order valence-electron chi connectivity index (χ0n) is 11.2. The van der Waals surface area contributed by atoms with Crippen molar-refractivity contribution in [3.8, 4) is 11.6 Å². The van der Waals surface area contributed by atoms with Gasteiger partial charge in [0, 0.05) is 19.3 Å². The molecular formula is C10H9FN6O3. The summed E-state index contributed by atoms with van der Waals surface area (Å²) in [6.07, 6.45) is 2.41. The minimum Gasteiger partial charge on any atom is -0.471 e. The van der Waals surface area contributed by atoms with E-state index in [0.717, 1.165) is 20.7 Å². The third-order valence-electron chi connectivity index (χ3n) is 2.57. The molecule has 20 heavy (non-hydrogen) atoms. The first-order valence-corrected chi connectivity index (χ1v) is 5.49. The highest BCUT2D eigenvalue weighted by Gasteiger charge is 2.19. The summed E-state index contributed by atoms with van der Waals surface area (Å²) in [5, 5.41) is 11.6. The number of hydrogen-bond donors (Lipinski definition) is 1. The Kier molecular flexibility index (Phi) is 2.55. The second kappa shape index (κ2) is 4.64. The van der Waals surface area contributed by atoms with Crippen molar-refractivity contribution >= 4 is 0 Å². The molecule has 104 valence electrons. The van der Waals surface area contributed by atoms with E-state index in [9.17, 15) is 9.18 Å². The molecule has 0 aliphatic heterocycles. The van der Waals surface area contributed by atoms with E-state index >= 15 is 0 Å². The highest BCUT2D eigenvalue weighted by atomic mass is 19.1. The molecule has 3 aromatic rings. The van der Waals surface area contributed by atoms with Gasteiger partial charge in [0.05, 0.1) is 5.56 Å². The molecule has 3 rings (SSSR count). The molecule has 0 amide bonds. The van der Waals surface area contributed by atoms with E-state index in [1.807, 2.05) is 0 Å². The number of tetrazole rings is 1. The molecule has 0 spiro atoms. The van der Waals surface area contributed by atoms with E-state index < -0.39 is 11.7 Å². The van der Waals surface area contributed by atoms with Gasteiger partial charge in [0.2, 0.25) is 5.88 Å². The van der Waals surface area contributed by atoms with E-state index in [2.05, 4.69) is 19.9 Å². The summed E-state index contributed by atoms with van der Waals surface area (Å²) in [5.41, 5.74) is -0.458. The van der Waals surface area contributed by atoms with Crippen molar-refractivity contribution in [2.45, 2.75) is 6.61 Å². The Morgan fingerprint density at radius 2 is 2.45 bits per heavy atom. The second-order valence-electron chi connectivity index (χ2n) is 3.83. The van der Waals surface area contributed by atoms with Crippen LogP contribution in [-0.2, 0) is 13.7 Å². The van der Waals surface area contributed by atoms with Crippen LogP contribution in [0.3, 0.4) is 0 Å². The van der Waals surface area contributed by atoms with Crippen LogP contribution in [0.5, 0.6) is 5.88 Å². The smallest absolute Gasteiger partial charge is 0.368 e. The Labute approximate surface area is 112 Å². The summed E-state index contributed by atoms with van der Waals surface area (Å²) in [4.78, 5) is 11.8. The summed E-state index contributed by atoms with van der Waals surface area (Å²) < 4.78 is 32.6. The van der Waals surface area contributed by atoms with E-state index in [0.29, 0.717) is 0 Å². The van der Waals surface area contributed by atoms with Gasteiger partial charge in [-0.15, -0.1) is 5.10 Å². The summed E-state index contributed by atoms with van der Waals surface area (Å²) in [7, 11) is 1.42. The molecule has 3 aromatic heterocycles. The zero-order chi connectivity index (χ0) is 15.0. The van der Waals surface area contributed by atoms with E-state index in [1.54, 1.807) is 0 Å². The van der Waals surface area contributed by atoms with Crippen LogP contribution in [-0.4, -0.2) is 30.0 Å². The maximum Gasteiger partial charge on any atom is 0.368 e. The van der Waals surface area contributed by atoms with Crippen molar-refractivity contribution < 1.29 is 15.0 Å². The number of hydrogen-bond acceptors (Lipinski definition) is 6. The van der Waals surface area contributed by atoms with Crippen LogP contribution < -0.4 is 10.4 Å². The molecule has 0 aliphatic rings. The number of ether oxygens (including phenoxy) is 1. The number of aromatic nitrogens is 6. The van der Waals surface area contributed by atoms with Crippen molar-refractivity contribution in [1.29, 1.82) is 0 Å². The molecule has 10 heteroatoms. The lowest BCUT2D eigenvalue weighted by Crippen LogP contribution is -2.22. The number of rotatable bonds is 4. The van der Waals surface area contributed by atoms with Crippen LogP contribution in [0.1, 0.15) is 5.56 Å². The fourth-order valence-electron chi connectivity index (χ4n) is 1.57. The summed E-state index contributed by atoms with van der Waals surface area (Å²) in [6, 6.07) is 0.548. The molecule has 9 nitrogen and oxygen atoms in total. The number of H-pyrrole nitrogens is 1. The van der Waals surface area contributed by atoms with Crippen LogP contribution in [0, 0.1) is 6.01 Å². The number of aryl methyl sites for hydroxylation is 1. The minimum absolute atomic E-state index is 0.00266. The summed E-state index contributed by atoms with van der Waals surface area (Å²) in [5.74, 6) is 0.142. The lowest BCUT2D eigenvalue weighted by atomic mass is 10.3. The average Bonchev–Trinajstić information content (AvgIpc) is 3.11. The number of nitrogens with zero attached hydrogens (tertiary/aromatic N) is 5. The minimum atomic E-state index is -0.896. The molecule has 3 heterocycles.